The predicted molar refractivity (Wildman–Crippen MR) is 154 cm³/mol. The first-order chi connectivity index (χ1) is 19.4. The van der Waals surface area contributed by atoms with Crippen molar-refractivity contribution in [1.82, 2.24) is 4.57 Å². The molecule has 1 aromatic heterocycles. The summed E-state index contributed by atoms with van der Waals surface area (Å²) in [6.45, 7) is 10.6. The maximum atomic E-state index is 12.6. The Bertz CT molecular complexity index is 1260. The van der Waals surface area contributed by atoms with Crippen molar-refractivity contribution in [3.8, 4) is 0 Å². The first-order valence-corrected chi connectivity index (χ1v) is 15.5. The van der Waals surface area contributed by atoms with E-state index >= 15 is 0 Å². The maximum absolute atomic E-state index is 12.6. The number of hydrogen-bond acceptors (Lipinski definition) is 7. The van der Waals surface area contributed by atoms with Gasteiger partial charge in [-0.3, -0.25) is 4.79 Å². The molecule has 4 fully saturated rings. The van der Waals surface area contributed by atoms with Gasteiger partial charge >= 0.3 is 0 Å². The van der Waals surface area contributed by atoms with Crippen LogP contribution < -0.4 is 5.56 Å². The molecule has 8 heteroatoms. The van der Waals surface area contributed by atoms with Crippen LogP contribution in [-0.2, 0) is 16.0 Å². The van der Waals surface area contributed by atoms with Gasteiger partial charge in [0.1, 0.15) is 18.3 Å². The van der Waals surface area contributed by atoms with Crippen LogP contribution in [0.3, 0.4) is 0 Å². The van der Waals surface area contributed by atoms with Gasteiger partial charge in [0.15, 0.2) is 6.29 Å². The van der Waals surface area contributed by atoms with Crippen molar-refractivity contribution in [3.05, 3.63) is 58.6 Å². The third kappa shape index (κ3) is 4.44. The third-order valence-electron chi connectivity index (χ3n) is 12.1. The summed E-state index contributed by atoms with van der Waals surface area (Å²) in [6.07, 6.45) is 7.54. The van der Waals surface area contributed by atoms with E-state index in [2.05, 4.69) is 26.5 Å². The second-order valence-electron chi connectivity index (χ2n) is 14.0. The minimum absolute atomic E-state index is 0.0237. The Morgan fingerprint density at radius 3 is 2.59 bits per heavy atom. The van der Waals surface area contributed by atoms with Crippen LogP contribution in [0.15, 0.2) is 47.4 Å². The molecule has 0 spiro atoms. The molecule has 3 saturated carbocycles. The standard InChI is InChI=1S/C33H47NO7/c1-5-16-34-18-20(6-9-26(34)35)23-12-15-33(39)25-8-7-21-17-22(41-30-29(38)28(37)27(36)19(2)40-30)10-13-31(21,3)24(25)11-14-32(23,33)4/h5-6,9,17-19,22-25,27-30,36-39H,1,7-8,10-16H2,2-4H3/t19-,22-,23+,24-,25+,27-,28+,29+,30-,31-,32+,33-/m0/s1. The Labute approximate surface area is 242 Å². The van der Waals surface area contributed by atoms with Crippen molar-refractivity contribution in [2.75, 3.05) is 0 Å². The van der Waals surface area contributed by atoms with E-state index in [-0.39, 0.29) is 34.3 Å². The lowest BCUT2D eigenvalue weighted by Gasteiger charge is -2.62. The normalized spacial score (nSPS) is 47.6. The zero-order valence-corrected chi connectivity index (χ0v) is 24.6. The van der Waals surface area contributed by atoms with Crippen LogP contribution >= 0.6 is 0 Å². The minimum Gasteiger partial charge on any atom is -0.389 e. The van der Waals surface area contributed by atoms with Gasteiger partial charge in [-0.2, -0.15) is 0 Å². The van der Waals surface area contributed by atoms with Crippen molar-refractivity contribution in [1.29, 1.82) is 0 Å². The van der Waals surface area contributed by atoms with E-state index in [1.807, 2.05) is 12.3 Å². The summed E-state index contributed by atoms with van der Waals surface area (Å²) in [4.78, 5) is 12.4. The Hall–Kier alpha value is -1.81. The molecule has 1 aromatic rings. The molecule has 1 aliphatic heterocycles. The quantitative estimate of drug-likeness (QED) is 0.401. The van der Waals surface area contributed by atoms with E-state index in [4.69, 9.17) is 9.47 Å². The van der Waals surface area contributed by atoms with E-state index in [1.165, 1.54) is 5.57 Å². The fourth-order valence-corrected chi connectivity index (χ4v) is 9.64. The Kier molecular flexibility index (Phi) is 7.44. The molecule has 0 amide bonds. The third-order valence-corrected chi connectivity index (χ3v) is 12.1. The zero-order chi connectivity index (χ0) is 29.3. The molecule has 12 atom stereocenters. The van der Waals surface area contributed by atoms with Crippen LogP contribution in [0.25, 0.3) is 0 Å². The first-order valence-electron chi connectivity index (χ1n) is 15.5. The number of aliphatic hydroxyl groups excluding tert-OH is 3. The van der Waals surface area contributed by atoms with E-state index in [0.717, 1.165) is 56.9 Å². The lowest BCUT2D eigenvalue weighted by molar-refractivity contribution is -0.301. The molecule has 1 saturated heterocycles. The van der Waals surface area contributed by atoms with Crippen LogP contribution in [0.5, 0.6) is 0 Å². The molecule has 4 aliphatic carbocycles. The highest BCUT2D eigenvalue weighted by Gasteiger charge is 2.66. The second kappa shape index (κ2) is 10.4. The number of allylic oxidation sites excluding steroid dienone is 2. The highest BCUT2D eigenvalue weighted by molar-refractivity contribution is 5.31. The molecule has 8 nitrogen and oxygen atoms in total. The van der Waals surface area contributed by atoms with Gasteiger partial charge in [-0.15, -0.1) is 6.58 Å². The van der Waals surface area contributed by atoms with Crippen molar-refractivity contribution < 1.29 is 29.9 Å². The van der Waals surface area contributed by atoms with Gasteiger partial charge < -0.3 is 34.5 Å². The van der Waals surface area contributed by atoms with E-state index < -0.39 is 36.3 Å². The predicted octanol–water partition coefficient (Wildman–Crippen LogP) is 3.41. The number of fused-ring (bicyclic) bond motifs is 5. The van der Waals surface area contributed by atoms with Crippen LogP contribution in [-0.4, -0.2) is 67.4 Å². The van der Waals surface area contributed by atoms with Gasteiger partial charge in [0, 0.05) is 24.2 Å². The molecule has 5 aliphatic rings. The minimum atomic E-state index is -1.31. The number of aliphatic hydroxyl groups is 4. The monoisotopic (exact) mass is 569 g/mol. The van der Waals surface area contributed by atoms with Crippen LogP contribution in [0.4, 0.5) is 0 Å². The summed E-state index contributed by atoms with van der Waals surface area (Å²) in [5, 5.41) is 43.3. The first kappa shape index (κ1) is 29.3. The Balaban J connectivity index is 1.21. The number of pyridine rings is 1. The Morgan fingerprint density at radius 2 is 1.83 bits per heavy atom. The van der Waals surface area contributed by atoms with Gasteiger partial charge in [0.25, 0.3) is 5.56 Å². The summed E-state index contributed by atoms with van der Waals surface area (Å²) >= 11 is 0. The summed E-state index contributed by atoms with van der Waals surface area (Å²) in [5.41, 5.74) is 1.45. The van der Waals surface area contributed by atoms with Crippen LogP contribution in [0, 0.1) is 22.7 Å². The summed E-state index contributed by atoms with van der Waals surface area (Å²) in [6, 6.07) is 3.62. The topological polar surface area (TPSA) is 121 Å². The lowest BCUT2D eigenvalue weighted by Crippen LogP contribution is -2.60. The van der Waals surface area contributed by atoms with E-state index in [0.29, 0.717) is 12.5 Å². The molecule has 0 aromatic carbocycles. The molecule has 0 radical (unpaired) electrons. The number of ether oxygens (including phenoxy) is 2. The maximum Gasteiger partial charge on any atom is 0.250 e. The summed E-state index contributed by atoms with van der Waals surface area (Å²) in [5.74, 6) is 0.798. The Morgan fingerprint density at radius 1 is 1.05 bits per heavy atom. The highest BCUT2D eigenvalue weighted by atomic mass is 16.7. The number of aromatic nitrogens is 1. The smallest absolute Gasteiger partial charge is 0.250 e. The van der Waals surface area contributed by atoms with Gasteiger partial charge in [-0.05, 0) is 87.0 Å². The van der Waals surface area contributed by atoms with Gasteiger partial charge in [-0.1, -0.05) is 37.6 Å². The highest BCUT2D eigenvalue weighted by Crippen LogP contribution is 2.70. The van der Waals surface area contributed by atoms with Crippen molar-refractivity contribution in [2.45, 2.75) is 127 Å². The average Bonchev–Trinajstić information content (AvgIpc) is 3.23. The SMILES string of the molecule is C=CCn1cc([C@H]2CC[C@]3(O)[C@@H]4CCC5=C[C@@H](O[C@@H]6O[C@@H](C)[C@H](O)[C@@H](O)[C@H]6O)CC[C@]5(C)[C@H]4CC[C@]23C)ccc1=O. The lowest BCUT2D eigenvalue weighted by atomic mass is 9.45. The molecule has 226 valence electrons. The fourth-order valence-electron chi connectivity index (χ4n) is 9.64. The van der Waals surface area contributed by atoms with Crippen molar-refractivity contribution >= 4 is 0 Å². The van der Waals surface area contributed by atoms with Gasteiger partial charge in [0.2, 0.25) is 0 Å². The molecule has 4 N–H and O–H groups in total. The van der Waals surface area contributed by atoms with Crippen LogP contribution in [0.2, 0.25) is 0 Å². The summed E-state index contributed by atoms with van der Waals surface area (Å²) in [7, 11) is 0. The second-order valence-corrected chi connectivity index (χ2v) is 14.0. The molecule has 0 unspecified atom stereocenters. The average molecular weight is 570 g/mol. The van der Waals surface area contributed by atoms with Crippen molar-refractivity contribution in [3.63, 3.8) is 0 Å². The molecule has 2 heterocycles. The molecular weight excluding hydrogens is 522 g/mol. The largest absolute Gasteiger partial charge is 0.389 e. The fraction of sp³-hybridized carbons (Fsp3) is 0.727. The summed E-state index contributed by atoms with van der Waals surface area (Å²) < 4.78 is 13.6. The van der Waals surface area contributed by atoms with E-state index in [1.54, 1.807) is 23.6 Å². The number of nitrogens with zero attached hydrogens (tertiary/aromatic N) is 1. The number of hydrogen-bond donors (Lipinski definition) is 4. The molecule has 6 rings (SSSR count). The molecule has 41 heavy (non-hydrogen) atoms. The number of rotatable bonds is 5. The van der Waals surface area contributed by atoms with Gasteiger partial charge in [-0.25, -0.2) is 0 Å². The molecule has 0 bridgehead atoms. The molecular formula is C33H47NO7. The van der Waals surface area contributed by atoms with Crippen LogP contribution in [0.1, 0.15) is 83.6 Å². The zero-order valence-electron chi connectivity index (χ0n) is 24.6. The van der Waals surface area contributed by atoms with Gasteiger partial charge in [0.05, 0.1) is 17.8 Å². The van der Waals surface area contributed by atoms with Crippen molar-refractivity contribution in [2.24, 2.45) is 22.7 Å². The van der Waals surface area contributed by atoms with E-state index in [9.17, 15) is 25.2 Å².